The van der Waals surface area contributed by atoms with Gasteiger partial charge >= 0.3 is 6.36 Å². The molecule has 1 saturated heterocycles. The standard InChI is InChI=1S/C24H24F3N3O3.CH5N/c1-16-13-22(30-11-3-2-4-12-30)29-21-10-5-17(14-20(16)21)28-23(31)15-32-18-6-8-19(9-7-18)33-24(25,26)27;1-2/h5-10,13-14H,2-4,11-12,15H2,1H3,(H,28,31);2H2,1H3. The number of nitrogens with zero attached hydrogens (tertiary/aromatic N) is 2. The number of fused-ring (bicyclic) bond motifs is 1. The highest BCUT2D eigenvalue weighted by atomic mass is 19.4. The molecule has 3 aromatic rings. The van der Waals surface area contributed by atoms with Crippen molar-refractivity contribution >= 4 is 28.3 Å². The van der Waals surface area contributed by atoms with Crippen molar-refractivity contribution in [2.75, 3.05) is 37.0 Å². The molecule has 2 aromatic carbocycles. The van der Waals surface area contributed by atoms with Gasteiger partial charge in [-0.3, -0.25) is 4.79 Å². The number of piperidine rings is 1. The Morgan fingerprint density at radius 2 is 1.69 bits per heavy atom. The van der Waals surface area contributed by atoms with Gasteiger partial charge in [0.15, 0.2) is 6.61 Å². The third-order valence-corrected chi connectivity index (χ3v) is 5.39. The van der Waals surface area contributed by atoms with Crippen LogP contribution in [-0.4, -0.2) is 44.0 Å². The number of halogens is 3. The van der Waals surface area contributed by atoms with Gasteiger partial charge in [-0.2, -0.15) is 0 Å². The molecule has 7 nitrogen and oxygen atoms in total. The van der Waals surface area contributed by atoms with E-state index in [0.717, 1.165) is 47.5 Å². The van der Waals surface area contributed by atoms with Gasteiger partial charge in [-0.1, -0.05) is 0 Å². The Morgan fingerprint density at radius 1 is 1.03 bits per heavy atom. The van der Waals surface area contributed by atoms with Crippen molar-refractivity contribution in [2.45, 2.75) is 32.5 Å². The minimum absolute atomic E-state index is 0.253. The lowest BCUT2D eigenvalue weighted by molar-refractivity contribution is -0.274. The van der Waals surface area contributed by atoms with E-state index in [1.807, 2.05) is 19.1 Å². The maximum atomic E-state index is 12.3. The maximum absolute atomic E-state index is 12.3. The highest BCUT2D eigenvalue weighted by molar-refractivity contribution is 5.95. The van der Waals surface area contributed by atoms with E-state index in [1.54, 1.807) is 6.07 Å². The van der Waals surface area contributed by atoms with Crippen LogP contribution >= 0.6 is 0 Å². The summed E-state index contributed by atoms with van der Waals surface area (Å²) in [6.07, 6.45) is -1.15. The minimum Gasteiger partial charge on any atom is -0.484 e. The smallest absolute Gasteiger partial charge is 0.484 e. The SMILES string of the molecule is CN.Cc1cc(N2CCCCC2)nc2ccc(NC(=O)COc3ccc(OC(F)(F)F)cc3)cc12. The van der Waals surface area contributed by atoms with E-state index in [-0.39, 0.29) is 24.0 Å². The number of amides is 1. The quantitative estimate of drug-likeness (QED) is 0.504. The molecular formula is C25H29F3N4O3. The number of carbonyl (C=O) groups is 1. The molecular weight excluding hydrogens is 461 g/mol. The Balaban J connectivity index is 0.00000167. The van der Waals surface area contributed by atoms with E-state index in [0.29, 0.717) is 5.69 Å². The van der Waals surface area contributed by atoms with Crippen LogP contribution in [0.25, 0.3) is 10.9 Å². The van der Waals surface area contributed by atoms with Gasteiger partial charge in [0, 0.05) is 24.2 Å². The molecule has 0 bridgehead atoms. The summed E-state index contributed by atoms with van der Waals surface area (Å²) in [6.45, 7) is 3.77. The number of anilines is 2. The third-order valence-electron chi connectivity index (χ3n) is 5.39. The molecule has 1 aromatic heterocycles. The molecule has 3 N–H and O–H groups in total. The van der Waals surface area contributed by atoms with E-state index in [4.69, 9.17) is 9.72 Å². The highest BCUT2D eigenvalue weighted by Gasteiger charge is 2.31. The van der Waals surface area contributed by atoms with Gasteiger partial charge in [0.2, 0.25) is 0 Å². The number of carbonyl (C=O) groups excluding carboxylic acids is 1. The first kappa shape index (κ1) is 26.1. The summed E-state index contributed by atoms with van der Waals surface area (Å²) in [5, 5.41) is 3.73. The molecule has 0 spiro atoms. The van der Waals surface area contributed by atoms with Gasteiger partial charge < -0.3 is 25.4 Å². The van der Waals surface area contributed by atoms with Crippen molar-refractivity contribution in [3.05, 3.63) is 54.1 Å². The van der Waals surface area contributed by atoms with Crippen LogP contribution < -0.4 is 25.4 Å². The summed E-state index contributed by atoms with van der Waals surface area (Å²) in [4.78, 5) is 19.4. The Labute approximate surface area is 202 Å². The molecule has 1 aliphatic rings. The second-order valence-corrected chi connectivity index (χ2v) is 7.93. The largest absolute Gasteiger partial charge is 0.573 e. The predicted molar refractivity (Wildman–Crippen MR) is 130 cm³/mol. The topological polar surface area (TPSA) is 89.7 Å². The molecule has 1 fully saturated rings. The molecule has 2 heterocycles. The van der Waals surface area contributed by atoms with Crippen molar-refractivity contribution in [3.63, 3.8) is 0 Å². The molecule has 1 amide bonds. The number of benzene rings is 2. The first-order chi connectivity index (χ1) is 16.8. The molecule has 35 heavy (non-hydrogen) atoms. The molecule has 0 atom stereocenters. The molecule has 188 valence electrons. The van der Waals surface area contributed by atoms with Gasteiger partial charge in [-0.25, -0.2) is 4.98 Å². The fourth-order valence-electron chi connectivity index (χ4n) is 3.82. The van der Waals surface area contributed by atoms with Crippen LogP contribution in [0.15, 0.2) is 48.5 Å². The zero-order valence-electron chi connectivity index (χ0n) is 19.7. The molecule has 0 radical (unpaired) electrons. The van der Waals surface area contributed by atoms with E-state index in [1.165, 1.54) is 38.4 Å². The number of aryl methyl sites for hydroxylation is 1. The lowest BCUT2D eigenvalue weighted by Crippen LogP contribution is -2.30. The lowest BCUT2D eigenvalue weighted by atomic mass is 10.1. The summed E-state index contributed by atoms with van der Waals surface area (Å²) in [5.41, 5.74) is 7.06. The second kappa shape index (κ2) is 11.7. The average Bonchev–Trinajstić information content (AvgIpc) is 2.85. The molecule has 4 rings (SSSR count). The number of nitrogens with two attached hydrogens (primary N) is 1. The van der Waals surface area contributed by atoms with Crippen molar-refractivity contribution in [1.82, 2.24) is 4.98 Å². The summed E-state index contributed by atoms with van der Waals surface area (Å²) in [5.74, 6) is 0.489. The van der Waals surface area contributed by atoms with Crippen LogP contribution in [-0.2, 0) is 4.79 Å². The van der Waals surface area contributed by atoms with Crippen molar-refractivity contribution in [2.24, 2.45) is 5.73 Å². The van der Waals surface area contributed by atoms with Gasteiger partial charge in [-0.15, -0.1) is 13.2 Å². The average molecular weight is 491 g/mol. The number of aromatic nitrogens is 1. The Bertz CT molecular complexity index is 1130. The van der Waals surface area contributed by atoms with Crippen molar-refractivity contribution < 1.29 is 27.4 Å². The molecule has 0 saturated carbocycles. The van der Waals surface area contributed by atoms with Crippen LogP contribution in [0.2, 0.25) is 0 Å². The molecule has 10 heteroatoms. The zero-order chi connectivity index (χ0) is 25.4. The van der Waals surface area contributed by atoms with Gasteiger partial charge in [0.05, 0.1) is 5.52 Å². The van der Waals surface area contributed by atoms with E-state index >= 15 is 0 Å². The minimum atomic E-state index is -4.76. The number of alkyl halides is 3. The van der Waals surface area contributed by atoms with Crippen LogP contribution in [0, 0.1) is 6.92 Å². The fraction of sp³-hybridized carbons (Fsp3) is 0.360. The van der Waals surface area contributed by atoms with Crippen molar-refractivity contribution in [1.29, 1.82) is 0 Å². The van der Waals surface area contributed by atoms with Gasteiger partial charge in [0.25, 0.3) is 5.91 Å². The molecule has 0 aliphatic carbocycles. The number of hydrogen-bond acceptors (Lipinski definition) is 6. The van der Waals surface area contributed by atoms with Crippen LogP contribution in [0.3, 0.4) is 0 Å². The third kappa shape index (κ3) is 7.48. The number of ether oxygens (including phenoxy) is 2. The number of hydrogen-bond donors (Lipinski definition) is 2. The zero-order valence-corrected chi connectivity index (χ0v) is 19.7. The summed E-state index contributed by atoms with van der Waals surface area (Å²) in [6, 6.07) is 12.5. The number of nitrogens with one attached hydrogen (secondary N) is 1. The fourth-order valence-corrected chi connectivity index (χ4v) is 3.82. The van der Waals surface area contributed by atoms with Crippen molar-refractivity contribution in [3.8, 4) is 11.5 Å². The number of pyridine rings is 1. The van der Waals surface area contributed by atoms with E-state index in [9.17, 15) is 18.0 Å². The monoisotopic (exact) mass is 490 g/mol. The van der Waals surface area contributed by atoms with Crippen LogP contribution in [0.4, 0.5) is 24.7 Å². The van der Waals surface area contributed by atoms with E-state index < -0.39 is 6.36 Å². The van der Waals surface area contributed by atoms with Gasteiger partial charge in [-0.05, 0) is 87.3 Å². The summed E-state index contributed by atoms with van der Waals surface area (Å²) in [7, 11) is 1.50. The van der Waals surface area contributed by atoms with E-state index in [2.05, 4.69) is 26.8 Å². The Hall–Kier alpha value is -3.53. The lowest BCUT2D eigenvalue weighted by Gasteiger charge is -2.28. The highest BCUT2D eigenvalue weighted by Crippen LogP contribution is 2.27. The number of rotatable bonds is 6. The normalized spacial score (nSPS) is 13.6. The first-order valence-corrected chi connectivity index (χ1v) is 11.3. The summed E-state index contributed by atoms with van der Waals surface area (Å²) >= 11 is 0. The molecule has 1 aliphatic heterocycles. The summed E-state index contributed by atoms with van der Waals surface area (Å²) < 4.78 is 45.8. The first-order valence-electron chi connectivity index (χ1n) is 11.3. The van der Waals surface area contributed by atoms with Crippen LogP contribution in [0.1, 0.15) is 24.8 Å². The maximum Gasteiger partial charge on any atom is 0.573 e. The van der Waals surface area contributed by atoms with Crippen LogP contribution in [0.5, 0.6) is 11.5 Å². The Kier molecular flexibility index (Phi) is 8.75. The predicted octanol–water partition coefficient (Wildman–Crippen LogP) is 5.02. The Morgan fingerprint density at radius 3 is 2.34 bits per heavy atom. The molecule has 0 unspecified atom stereocenters. The second-order valence-electron chi connectivity index (χ2n) is 7.93. The van der Waals surface area contributed by atoms with Gasteiger partial charge in [0.1, 0.15) is 17.3 Å².